The topological polar surface area (TPSA) is 69.2 Å². The van der Waals surface area contributed by atoms with Gasteiger partial charge in [-0.15, -0.1) is 5.53 Å². The smallest absolute Gasteiger partial charge is 0.167 e. The number of hydrogen-bond donors (Lipinski definition) is 2. The zero-order chi connectivity index (χ0) is 22.0. The highest BCUT2D eigenvalue weighted by Gasteiger charge is 2.19. The maximum absolute atomic E-state index is 5.94. The van der Waals surface area contributed by atoms with Gasteiger partial charge in [0.25, 0.3) is 0 Å². The van der Waals surface area contributed by atoms with Crippen molar-refractivity contribution in [3.8, 4) is 11.5 Å². The number of ether oxygens (including phenoxy) is 2. The molecule has 0 aromatic heterocycles. The molecule has 2 aliphatic heterocycles. The Balaban J connectivity index is 1.08. The van der Waals surface area contributed by atoms with Gasteiger partial charge in [0, 0.05) is 32.7 Å². The van der Waals surface area contributed by atoms with Crippen LogP contribution in [0.25, 0.3) is 0 Å². The van der Waals surface area contributed by atoms with Gasteiger partial charge in [0.15, 0.2) is 6.34 Å². The van der Waals surface area contributed by atoms with Crippen molar-refractivity contribution in [1.29, 1.82) is 0 Å². The van der Waals surface area contributed by atoms with Crippen molar-refractivity contribution in [3.05, 3.63) is 54.1 Å². The number of benzene rings is 2. The maximum atomic E-state index is 5.94. The molecule has 0 radical (unpaired) electrons. The molecule has 2 aliphatic rings. The molecule has 0 amide bonds. The van der Waals surface area contributed by atoms with Crippen molar-refractivity contribution in [3.63, 3.8) is 0 Å². The minimum absolute atomic E-state index is 0.768. The first kappa shape index (κ1) is 22.4. The first-order valence-corrected chi connectivity index (χ1v) is 11.5. The Kier molecular flexibility index (Phi) is 8.19. The zero-order valence-corrected chi connectivity index (χ0v) is 18.9. The van der Waals surface area contributed by atoms with Crippen LogP contribution < -0.4 is 25.4 Å². The van der Waals surface area contributed by atoms with E-state index in [1.54, 1.807) is 19.0 Å². The van der Waals surface area contributed by atoms with Gasteiger partial charge in [-0.25, -0.2) is 5.01 Å². The molecule has 1 saturated heterocycles. The average molecular weight is 440 g/mol. The van der Waals surface area contributed by atoms with E-state index in [0.717, 1.165) is 76.6 Å². The normalized spacial score (nSPS) is 16.5. The third-order valence-electron chi connectivity index (χ3n) is 6.00. The van der Waals surface area contributed by atoms with E-state index in [1.165, 1.54) is 11.3 Å². The highest BCUT2D eigenvalue weighted by molar-refractivity contribution is 5.58. The third-order valence-corrected chi connectivity index (χ3v) is 6.00. The molecule has 2 aromatic rings. The summed E-state index contributed by atoms with van der Waals surface area (Å²) in [6, 6.07) is 16.7. The molecular formula is C24H35N6O2+. The van der Waals surface area contributed by atoms with Gasteiger partial charge in [0.1, 0.15) is 11.5 Å². The third kappa shape index (κ3) is 6.35. The first-order chi connectivity index (χ1) is 15.8. The Labute approximate surface area is 190 Å². The van der Waals surface area contributed by atoms with Crippen LogP contribution >= 0.6 is 0 Å². The molecule has 0 bridgehead atoms. The second-order valence-corrected chi connectivity index (χ2v) is 8.17. The lowest BCUT2D eigenvalue weighted by atomic mass is 10.1. The summed E-state index contributed by atoms with van der Waals surface area (Å²) >= 11 is 0. The molecule has 8 heteroatoms. The quantitative estimate of drug-likeness (QED) is 0.408. The Morgan fingerprint density at radius 2 is 1.78 bits per heavy atom. The lowest BCUT2D eigenvalue weighted by molar-refractivity contribution is -0.725. The Bertz CT molecular complexity index is 852. The Hall–Kier alpha value is -2.81. The monoisotopic (exact) mass is 439 g/mol. The molecule has 0 saturated carbocycles. The van der Waals surface area contributed by atoms with Gasteiger partial charge in [-0.05, 0) is 61.2 Å². The molecule has 4 rings (SSSR count). The number of nitrogens with zero attached hydrogens (tertiary/aromatic N) is 4. The number of methoxy groups -OCH3 is 1. The summed E-state index contributed by atoms with van der Waals surface area (Å²) in [6.07, 6.45) is 5.01. The number of nitrogens with one attached hydrogen (secondary N) is 1. The summed E-state index contributed by atoms with van der Waals surface area (Å²) in [7, 11) is 1.74. The van der Waals surface area contributed by atoms with Crippen molar-refractivity contribution in [2.45, 2.75) is 19.3 Å². The lowest BCUT2D eigenvalue weighted by Crippen LogP contribution is -2.87. The van der Waals surface area contributed by atoms with Crippen LogP contribution in [0.15, 0.2) is 53.6 Å². The molecule has 8 nitrogen and oxygen atoms in total. The number of quaternary nitrogens is 1. The highest BCUT2D eigenvalue weighted by atomic mass is 16.5. The van der Waals surface area contributed by atoms with E-state index in [2.05, 4.69) is 56.8 Å². The van der Waals surface area contributed by atoms with Gasteiger partial charge in [0.2, 0.25) is 0 Å². The van der Waals surface area contributed by atoms with Crippen LogP contribution in [0.1, 0.15) is 18.4 Å². The Morgan fingerprint density at radius 3 is 2.53 bits per heavy atom. The summed E-state index contributed by atoms with van der Waals surface area (Å²) in [6.45, 7) is 7.07. The summed E-state index contributed by atoms with van der Waals surface area (Å²) in [5, 5.41) is 6.00. The average Bonchev–Trinajstić information content (AvgIpc) is 3.37. The predicted molar refractivity (Wildman–Crippen MR) is 127 cm³/mol. The van der Waals surface area contributed by atoms with Crippen LogP contribution in [-0.2, 0) is 6.42 Å². The fourth-order valence-electron chi connectivity index (χ4n) is 4.11. The number of unbranched alkanes of at least 4 members (excludes halogenated alkanes) is 1. The number of hydrogen-bond acceptors (Lipinski definition) is 7. The van der Waals surface area contributed by atoms with Crippen LogP contribution in [0.3, 0.4) is 0 Å². The number of hydrazine groups is 1. The van der Waals surface area contributed by atoms with Crippen LogP contribution in [0.4, 0.5) is 5.69 Å². The number of para-hydroxylation sites is 2. The molecule has 0 spiro atoms. The van der Waals surface area contributed by atoms with E-state index >= 15 is 0 Å². The maximum Gasteiger partial charge on any atom is 0.167 e. The zero-order valence-electron chi connectivity index (χ0n) is 18.9. The molecule has 0 atom stereocenters. The largest absolute Gasteiger partial charge is 0.495 e. The van der Waals surface area contributed by atoms with Crippen molar-refractivity contribution in [2.24, 2.45) is 5.10 Å². The van der Waals surface area contributed by atoms with Crippen LogP contribution in [0, 0.1) is 0 Å². The number of rotatable bonds is 11. The SMILES string of the molecule is COc1ccccc1N1CCN(CCCCOc2ccc(CCN3C=N[NH2+]N3)cc2)CC1. The second kappa shape index (κ2) is 11.7. The molecule has 32 heavy (non-hydrogen) atoms. The summed E-state index contributed by atoms with van der Waals surface area (Å²) in [5.74, 6) is 1.91. The molecule has 0 unspecified atom stereocenters. The van der Waals surface area contributed by atoms with E-state index in [1.807, 2.05) is 17.1 Å². The van der Waals surface area contributed by atoms with Crippen molar-refractivity contribution >= 4 is 12.0 Å². The van der Waals surface area contributed by atoms with E-state index < -0.39 is 0 Å². The van der Waals surface area contributed by atoms with Crippen molar-refractivity contribution in [1.82, 2.24) is 15.4 Å². The molecular weight excluding hydrogens is 404 g/mol. The fourth-order valence-corrected chi connectivity index (χ4v) is 4.11. The van der Waals surface area contributed by atoms with Crippen molar-refractivity contribution < 1.29 is 15.0 Å². The number of piperazine rings is 1. The first-order valence-electron chi connectivity index (χ1n) is 11.5. The molecule has 1 fully saturated rings. The lowest BCUT2D eigenvalue weighted by Gasteiger charge is -2.36. The van der Waals surface area contributed by atoms with Gasteiger partial charge in [-0.2, -0.15) is 0 Å². The van der Waals surface area contributed by atoms with E-state index in [4.69, 9.17) is 9.47 Å². The predicted octanol–water partition coefficient (Wildman–Crippen LogP) is 1.46. The van der Waals surface area contributed by atoms with E-state index in [-0.39, 0.29) is 0 Å². The van der Waals surface area contributed by atoms with Gasteiger partial charge in [-0.1, -0.05) is 29.4 Å². The highest BCUT2D eigenvalue weighted by Crippen LogP contribution is 2.28. The van der Waals surface area contributed by atoms with Crippen LogP contribution in [-0.4, -0.2) is 69.2 Å². The molecule has 2 aromatic carbocycles. The minimum atomic E-state index is 0.768. The van der Waals surface area contributed by atoms with Gasteiger partial charge >= 0.3 is 0 Å². The van der Waals surface area contributed by atoms with E-state index in [0.29, 0.717) is 0 Å². The van der Waals surface area contributed by atoms with Crippen molar-refractivity contribution in [2.75, 3.05) is 57.9 Å². The van der Waals surface area contributed by atoms with Gasteiger partial charge < -0.3 is 14.4 Å². The molecule has 2 heterocycles. The number of anilines is 1. The standard InChI is InChI=1S/C24H34N6O2/c1-31-24-7-3-2-6-23(24)29-17-15-28(16-18-29)13-4-5-19-32-22-10-8-21(9-11-22)12-14-30-20-25-26-27-30/h2-3,6-11,20,26-27H,4-5,12-19H2,1H3/p+1. The number of nitrogens with two attached hydrogens (primary N) is 1. The van der Waals surface area contributed by atoms with E-state index in [9.17, 15) is 0 Å². The molecule has 0 aliphatic carbocycles. The van der Waals surface area contributed by atoms with Gasteiger partial charge in [0.05, 0.1) is 19.4 Å². The second-order valence-electron chi connectivity index (χ2n) is 8.17. The van der Waals surface area contributed by atoms with Crippen LogP contribution in [0.5, 0.6) is 11.5 Å². The summed E-state index contributed by atoms with van der Waals surface area (Å²) < 4.78 is 11.5. The minimum Gasteiger partial charge on any atom is -0.495 e. The van der Waals surface area contributed by atoms with Gasteiger partial charge in [-0.3, -0.25) is 4.90 Å². The Morgan fingerprint density at radius 1 is 0.969 bits per heavy atom. The molecule has 172 valence electrons. The summed E-state index contributed by atoms with van der Waals surface area (Å²) in [4.78, 5) is 4.98. The fraction of sp³-hybridized carbons (Fsp3) is 0.458. The molecule has 3 N–H and O–H groups in total. The summed E-state index contributed by atoms with van der Waals surface area (Å²) in [5.41, 5.74) is 7.26. The van der Waals surface area contributed by atoms with Crippen LogP contribution in [0.2, 0.25) is 0 Å².